The van der Waals surface area contributed by atoms with Gasteiger partial charge < -0.3 is 20.2 Å². The van der Waals surface area contributed by atoms with Crippen molar-refractivity contribution in [2.24, 2.45) is 5.41 Å². The fourth-order valence-electron chi connectivity index (χ4n) is 3.18. The summed E-state index contributed by atoms with van der Waals surface area (Å²) in [7, 11) is 0. The van der Waals surface area contributed by atoms with Crippen molar-refractivity contribution in [3.63, 3.8) is 0 Å². The number of halogens is 1. The third-order valence-corrected chi connectivity index (χ3v) is 5.39. The second-order valence-corrected chi connectivity index (χ2v) is 7.73. The molecule has 0 atom stereocenters. The van der Waals surface area contributed by atoms with Gasteiger partial charge in [-0.2, -0.15) is 0 Å². The van der Waals surface area contributed by atoms with Gasteiger partial charge in [-0.3, -0.25) is 14.4 Å². The number of anilines is 3. The van der Waals surface area contributed by atoms with E-state index in [9.17, 15) is 29.7 Å². The average molecular weight is 484 g/mol. The Kier molecular flexibility index (Phi) is 6.41. The summed E-state index contributed by atoms with van der Waals surface area (Å²) in [4.78, 5) is 36.5. The van der Waals surface area contributed by atoms with Gasteiger partial charge in [0.25, 0.3) is 5.41 Å². The zero-order chi connectivity index (χ0) is 22.6. The number of nitrogens with zero attached hydrogens (tertiary/aromatic N) is 1. The molecule has 0 bridgehead atoms. The molecule has 0 aliphatic rings. The van der Waals surface area contributed by atoms with Gasteiger partial charge in [0, 0.05) is 28.0 Å². The number of aliphatic carboxylic acids is 3. The van der Waals surface area contributed by atoms with Crippen molar-refractivity contribution in [1.29, 1.82) is 0 Å². The van der Waals surface area contributed by atoms with E-state index in [2.05, 4.69) is 15.9 Å². The molecule has 0 unspecified atom stereocenters. The van der Waals surface area contributed by atoms with Crippen molar-refractivity contribution in [3.05, 3.63) is 88.9 Å². The van der Waals surface area contributed by atoms with E-state index in [4.69, 9.17) is 0 Å². The maximum absolute atomic E-state index is 11.5. The van der Waals surface area contributed by atoms with Crippen LogP contribution in [0.5, 0.6) is 0 Å². The van der Waals surface area contributed by atoms with Crippen LogP contribution in [-0.2, 0) is 20.8 Å². The summed E-state index contributed by atoms with van der Waals surface area (Å²) < 4.78 is 0.923. The van der Waals surface area contributed by atoms with E-state index in [1.807, 2.05) is 59.5 Å². The smallest absolute Gasteiger partial charge is 0.333 e. The standard InChI is InChI=1S/C23H18BrNO6/c24-16-8-12-19(13-9-16)25(17-4-2-1-3-5-17)18-10-6-15(7-11-18)14-23(20(26)27,21(28)29)22(30)31/h1-13H,14H2,(H,26,27)(H,28,29)(H,30,31). The van der Waals surface area contributed by atoms with Gasteiger partial charge in [0.1, 0.15) is 0 Å². The first-order valence-corrected chi connectivity index (χ1v) is 9.95. The number of carboxylic acid groups (broad SMARTS) is 3. The molecule has 0 spiro atoms. The largest absolute Gasteiger partial charge is 0.480 e. The van der Waals surface area contributed by atoms with Crippen LogP contribution in [0.15, 0.2) is 83.3 Å². The molecule has 3 aromatic rings. The minimum atomic E-state index is -2.95. The van der Waals surface area contributed by atoms with E-state index in [1.54, 1.807) is 12.1 Å². The third kappa shape index (κ3) is 4.44. The van der Waals surface area contributed by atoms with Gasteiger partial charge in [0.2, 0.25) is 0 Å². The topological polar surface area (TPSA) is 115 Å². The van der Waals surface area contributed by atoms with Crippen molar-refractivity contribution in [2.75, 3.05) is 4.90 Å². The highest BCUT2D eigenvalue weighted by molar-refractivity contribution is 9.10. The van der Waals surface area contributed by atoms with Crippen molar-refractivity contribution in [1.82, 2.24) is 0 Å². The van der Waals surface area contributed by atoms with Crippen LogP contribution in [0.25, 0.3) is 0 Å². The van der Waals surface area contributed by atoms with Crippen LogP contribution < -0.4 is 4.90 Å². The van der Waals surface area contributed by atoms with Crippen LogP contribution in [0, 0.1) is 5.41 Å². The zero-order valence-corrected chi connectivity index (χ0v) is 17.7. The van der Waals surface area contributed by atoms with Gasteiger partial charge in [-0.15, -0.1) is 0 Å². The molecule has 0 saturated heterocycles. The highest BCUT2D eigenvalue weighted by atomic mass is 79.9. The normalized spacial score (nSPS) is 11.0. The molecule has 0 aliphatic heterocycles. The monoisotopic (exact) mass is 483 g/mol. The lowest BCUT2D eigenvalue weighted by atomic mass is 9.81. The quantitative estimate of drug-likeness (QED) is 0.397. The number of carboxylic acids is 3. The Hall–Kier alpha value is -3.65. The van der Waals surface area contributed by atoms with E-state index < -0.39 is 29.7 Å². The summed E-state index contributed by atoms with van der Waals surface area (Å²) in [5.74, 6) is -5.76. The predicted octanol–water partition coefficient (Wildman–Crippen LogP) is 4.70. The molecule has 0 fully saturated rings. The van der Waals surface area contributed by atoms with Gasteiger partial charge in [0.15, 0.2) is 0 Å². The van der Waals surface area contributed by atoms with Crippen molar-refractivity contribution >= 4 is 50.9 Å². The highest BCUT2D eigenvalue weighted by Crippen LogP contribution is 2.35. The van der Waals surface area contributed by atoms with E-state index in [0.29, 0.717) is 0 Å². The molecular formula is C23H18BrNO6. The van der Waals surface area contributed by atoms with Gasteiger partial charge in [0.05, 0.1) is 0 Å². The molecule has 3 N–H and O–H groups in total. The van der Waals surface area contributed by atoms with Crippen molar-refractivity contribution in [2.45, 2.75) is 6.42 Å². The molecule has 0 radical (unpaired) electrons. The molecule has 7 nitrogen and oxygen atoms in total. The Balaban J connectivity index is 2.00. The van der Waals surface area contributed by atoms with Crippen LogP contribution in [0.2, 0.25) is 0 Å². The molecule has 0 aliphatic carbocycles. The lowest BCUT2D eigenvalue weighted by molar-refractivity contribution is -0.175. The number of rotatable bonds is 8. The molecule has 0 amide bonds. The fraction of sp³-hybridized carbons (Fsp3) is 0.0870. The molecule has 3 aromatic carbocycles. The maximum Gasteiger partial charge on any atom is 0.333 e. The van der Waals surface area contributed by atoms with Crippen LogP contribution in [-0.4, -0.2) is 33.2 Å². The minimum absolute atomic E-state index is 0.278. The summed E-state index contributed by atoms with van der Waals surface area (Å²) in [6.45, 7) is 0. The Bertz CT molecular complexity index is 1060. The number of carbonyl (C=O) groups is 3. The van der Waals surface area contributed by atoms with Crippen LogP contribution >= 0.6 is 15.9 Å². The van der Waals surface area contributed by atoms with E-state index in [-0.39, 0.29) is 5.56 Å². The predicted molar refractivity (Wildman–Crippen MR) is 118 cm³/mol. The molecular weight excluding hydrogens is 466 g/mol. The summed E-state index contributed by atoms with van der Waals surface area (Å²) in [6.07, 6.45) is -0.684. The molecule has 0 heterocycles. The SMILES string of the molecule is O=C(O)C(Cc1ccc(N(c2ccccc2)c2ccc(Br)cc2)cc1)(C(=O)O)C(=O)O. The van der Waals surface area contributed by atoms with E-state index >= 15 is 0 Å². The lowest BCUT2D eigenvalue weighted by Crippen LogP contribution is -2.48. The highest BCUT2D eigenvalue weighted by Gasteiger charge is 2.54. The molecule has 0 aromatic heterocycles. The Morgan fingerprint density at radius 3 is 1.55 bits per heavy atom. The second-order valence-electron chi connectivity index (χ2n) is 6.81. The van der Waals surface area contributed by atoms with Crippen molar-refractivity contribution < 1.29 is 29.7 Å². The van der Waals surface area contributed by atoms with Crippen molar-refractivity contribution in [3.8, 4) is 0 Å². The van der Waals surface area contributed by atoms with E-state index in [1.165, 1.54) is 12.1 Å². The minimum Gasteiger partial charge on any atom is -0.480 e. The number of para-hydroxylation sites is 1. The zero-order valence-electron chi connectivity index (χ0n) is 16.1. The molecule has 31 heavy (non-hydrogen) atoms. The van der Waals surface area contributed by atoms with Crippen LogP contribution in [0.4, 0.5) is 17.1 Å². The summed E-state index contributed by atoms with van der Waals surface area (Å²) >= 11 is 3.42. The first kappa shape index (κ1) is 22.0. The van der Waals surface area contributed by atoms with Gasteiger partial charge in [-0.25, -0.2) is 0 Å². The maximum atomic E-state index is 11.5. The lowest BCUT2D eigenvalue weighted by Gasteiger charge is -2.26. The number of hydrogen-bond acceptors (Lipinski definition) is 4. The summed E-state index contributed by atoms with van der Waals surface area (Å²) in [5.41, 5.74) is -0.179. The molecule has 0 saturated carbocycles. The number of hydrogen-bond donors (Lipinski definition) is 3. The van der Waals surface area contributed by atoms with Gasteiger partial charge in [-0.1, -0.05) is 46.3 Å². The Morgan fingerprint density at radius 2 is 1.10 bits per heavy atom. The Labute approximate surface area is 186 Å². The Morgan fingerprint density at radius 1 is 0.677 bits per heavy atom. The molecule has 8 heteroatoms. The van der Waals surface area contributed by atoms with Gasteiger partial charge >= 0.3 is 17.9 Å². The number of benzene rings is 3. The second kappa shape index (κ2) is 9.01. The molecule has 3 rings (SSSR count). The first-order valence-electron chi connectivity index (χ1n) is 9.15. The van der Waals surface area contributed by atoms with Crippen LogP contribution in [0.1, 0.15) is 5.56 Å². The van der Waals surface area contributed by atoms with E-state index in [0.717, 1.165) is 21.5 Å². The average Bonchev–Trinajstić information content (AvgIpc) is 2.74. The molecule has 158 valence electrons. The van der Waals surface area contributed by atoms with Crippen LogP contribution in [0.3, 0.4) is 0 Å². The third-order valence-electron chi connectivity index (χ3n) is 4.86. The summed E-state index contributed by atoms with van der Waals surface area (Å²) in [5, 5.41) is 27.9. The summed E-state index contributed by atoms with van der Waals surface area (Å²) in [6, 6.07) is 23.7. The fourth-order valence-corrected chi connectivity index (χ4v) is 3.45. The first-order chi connectivity index (χ1) is 14.8. The van der Waals surface area contributed by atoms with Gasteiger partial charge in [-0.05, 0) is 54.1 Å².